The molecule has 7 heteroatoms. The first-order valence-electron chi connectivity index (χ1n) is 5.60. The summed E-state index contributed by atoms with van der Waals surface area (Å²) in [5.41, 5.74) is 0.403. The van der Waals surface area contributed by atoms with Gasteiger partial charge in [0, 0.05) is 17.6 Å². The third kappa shape index (κ3) is 3.10. The summed E-state index contributed by atoms with van der Waals surface area (Å²) >= 11 is -0.138. The van der Waals surface area contributed by atoms with Crippen LogP contribution in [0.4, 0.5) is 14.5 Å². The van der Waals surface area contributed by atoms with Crippen LogP contribution in [0.25, 0.3) is 0 Å². The zero-order valence-electron chi connectivity index (χ0n) is 10.2. The van der Waals surface area contributed by atoms with Crippen LogP contribution in [0.1, 0.15) is 0 Å². The second-order valence-corrected chi connectivity index (χ2v) is 7.02. The van der Waals surface area contributed by atoms with Gasteiger partial charge in [0.05, 0.1) is 4.90 Å². The first kappa shape index (κ1) is 14.8. The molecule has 2 aromatic rings. The van der Waals surface area contributed by atoms with Gasteiger partial charge in [-0.1, -0.05) is 36.4 Å². The number of sulfone groups is 1. The molecule has 2 rings (SSSR count). The molecule has 0 aliphatic carbocycles. The zero-order chi connectivity index (χ0) is 14.6. The van der Waals surface area contributed by atoms with Gasteiger partial charge < -0.3 is 4.72 Å². The van der Waals surface area contributed by atoms with Gasteiger partial charge in [-0.05, 0) is 24.3 Å². The summed E-state index contributed by atoms with van der Waals surface area (Å²) in [7, 11) is -4.74. The number of para-hydroxylation sites is 1. The van der Waals surface area contributed by atoms with Crippen molar-refractivity contribution in [2.24, 2.45) is 0 Å². The molecule has 0 radical (unpaired) electrons. The lowest BCUT2D eigenvalue weighted by Gasteiger charge is -2.16. The highest BCUT2D eigenvalue weighted by Gasteiger charge is 2.47. The molecule has 0 aromatic heterocycles. The lowest BCUT2D eigenvalue weighted by molar-refractivity contribution is 0.196. The maximum Gasteiger partial charge on any atom is 0.415 e. The number of hydrogen-bond acceptors (Lipinski definition) is 4. The van der Waals surface area contributed by atoms with Crippen molar-refractivity contribution in [2.45, 2.75) is 9.48 Å². The van der Waals surface area contributed by atoms with Gasteiger partial charge in [0.2, 0.25) is 0 Å². The summed E-state index contributed by atoms with van der Waals surface area (Å²) in [6.07, 6.45) is 0. The number of alkyl halides is 2. The fraction of sp³-hybridized carbons (Fsp3) is 0.0769. The van der Waals surface area contributed by atoms with Crippen molar-refractivity contribution in [3.8, 4) is 0 Å². The van der Waals surface area contributed by atoms with Crippen molar-refractivity contribution in [1.82, 2.24) is 0 Å². The highest BCUT2D eigenvalue weighted by atomic mass is 32.3. The predicted octanol–water partition coefficient (Wildman–Crippen LogP) is 3.77. The molecule has 0 fully saturated rings. The lowest BCUT2D eigenvalue weighted by atomic mass is 10.3. The molecule has 20 heavy (non-hydrogen) atoms. The first-order valence-corrected chi connectivity index (χ1v) is 7.90. The third-order valence-electron chi connectivity index (χ3n) is 2.43. The van der Waals surface area contributed by atoms with Crippen LogP contribution >= 0.6 is 11.9 Å². The SMILES string of the molecule is O=S(=O)(c1ccccc1)C(F)(F)SNc1ccccc1. The second-order valence-electron chi connectivity index (χ2n) is 3.85. The molecule has 1 N–H and O–H groups in total. The van der Waals surface area contributed by atoms with Crippen molar-refractivity contribution in [2.75, 3.05) is 4.72 Å². The van der Waals surface area contributed by atoms with Crippen molar-refractivity contribution >= 4 is 27.5 Å². The summed E-state index contributed by atoms with van der Waals surface area (Å²) in [5, 5.41) is 0. The average molecular weight is 315 g/mol. The second kappa shape index (κ2) is 5.80. The molecular weight excluding hydrogens is 304 g/mol. The van der Waals surface area contributed by atoms with Crippen molar-refractivity contribution in [3.05, 3.63) is 60.7 Å². The van der Waals surface area contributed by atoms with E-state index in [0.717, 1.165) is 12.1 Å². The molecule has 0 spiro atoms. The fourth-order valence-electron chi connectivity index (χ4n) is 1.42. The van der Waals surface area contributed by atoms with E-state index < -0.39 is 19.3 Å². The van der Waals surface area contributed by atoms with Gasteiger partial charge in [0.25, 0.3) is 9.84 Å². The molecule has 0 saturated heterocycles. The standard InChI is InChI=1S/C13H11F2NO2S2/c14-13(15,19-16-11-7-3-1-4-8-11)20(17,18)12-9-5-2-6-10-12/h1-10,16H. The molecule has 0 aliphatic rings. The van der Waals surface area contributed by atoms with E-state index in [-0.39, 0.29) is 11.9 Å². The number of benzene rings is 2. The highest BCUT2D eigenvalue weighted by molar-refractivity contribution is 8.14. The summed E-state index contributed by atoms with van der Waals surface area (Å²) < 4.78 is 49.9. The van der Waals surface area contributed by atoms with E-state index in [2.05, 4.69) is 4.72 Å². The molecular formula is C13H11F2NO2S2. The molecule has 0 heterocycles. The average Bonchev–Trinajstić information content (AvgIpc) is 2.47. The summed E-state index contributed by atoms with van der Waals surface area (Å²) in [5.74, 6) is 0. The Balaban J connectivity index is 2.18. The number of rotatable bonds is 5. The monoisotopic (exact) mass is 315 g/mol. The number of nitrogens with one attached hydrogen (secondary N) is 1. The Morgan fingerprint density at radius 3 is 1.95 bits per heavy atom. The Morgan fingerprint density at radius 2 is 1.40 bits per heavy atom. The van der Waals surface area contributed by atoms with Gasteiger partial charge in [-0.15, -0.1) is 0 Å². The Morgan fingerprint density at radius 1 is 0.900 bits per heavy atom. The fourth-order valence-corrected chi connectivity index (χ4v) is 3.43. The van der Waals surface area contributed by atoms with Crippen molar-refractivity contribution in [3.63, 3.8) is 0 Å². The summed E-state index contributed by atoms with van der Waals surface area (Å²) in [6.45, 7) is 0. The largest absolute Gasteiger partial charge is 0.415 e. The van der Waals surface area contributed by atoms with Crippen LogP contribution in [0, 0.1) is 0 Å². The van der Waals surface area contributed by atoms with E-state index in [0.29, 0.717) is 5.69 Å². The minimum Gasteiger partial charge on any atom is -0.324 e. The van der Waals surface area contributed by atoms with E-state index in [9.17, 15) is 17.2 Å². The van der Waals surface area contributed by atoms with Crippen molar-refractivity contribution < 1.29 is 17.2 Å². The van der Waals surface area contributed by atoms with Crippen LogP contribution in [0.2, 0.25) is 0 Å². The van der Waals surface area contributed by atoms with Gasteiger partial charge in [-0.2, -0.15) is 8.78 Å². The minimum absolute atomic E-state index is 0.138. The maximum atomic E-state index is 13.9. The molecule has 0 unspecified atom stereocenters. The Labute approximate surface area is 120 Å². The Bertz CT molecular complexity index is 661. The molecule has 0 atom stereocenters. The smallest absolute Gasteiger partial charge is 0.324 e. The van der Waals surface area contributed by atoms with Gasteiger partial charge in [0.1, 0.15) is 0 Å². The van der Waals surface area contributed by atoms with E-state index in [1.165, 1.54) is 12.1 Å². The lowest BCUT2D eigenvalue weighted by Crippen LogP contribution is -2.26. The first-order chi connectivity index (χ1) is 9.43. The van der Waals surface area contributed by atoms with Gasteiger partial charge >= 0.3 is 4.59 Å². The highest BCUT2D eigenvalue weighted by Crippen LogP contribution is 2.39. The predicted molar refractivity (Wildman–Crippen MR) is 76.2 cm³/mol. The summed E-state index contributed by atoms with van der Waals surface area (Å²) in [4.78, 5) is -0.410. The molecule has 0 amide bonds. The molecule has 3 nitrogen and oxygen atoms in total. The van der Waals surface area contributed by atoms with Crippen LogP contribution in [0.3, 0.4) is 0 Å². The van der Waals surface area contributed by atoms with Crippen LogP contribution in [-0.2, 0) is 9.84 Å². The maximum absolute atomic E-state index is 13.9. The Hall–Kier alpha value is -1.60. The van der Waals surface area contributed by atoms with Gasteiger partial charge in [-0.25, -0.2) is 8.42 Å². The third-order valence-corrected chi connectivity index (χ3v) is 5.43. The van der Waals surface area contributed by atoms with E-state index in [4.69, 9.17) is 0 Å². The topological polar surface area (TPSA) is 46.2 Å². The van der Waals surface area contributed by atoms with Gasteiger partial charge in [0.15, 0.2) is 0 Å². The van der Waals surface area contributed by atoms with Crippen LogP contribution in [-0.4, -0.2) is 13.0 Å². The Kier molecular flexibility index (Phi) is 4.29. The van der Waals surface area contributed by atoms with Crippen LogP contribution in [0.5, 0.6) is 0 Å². The molecule has 0 aliphatic heterocycles. The zero-order valence-corrected chi connectivity index (χ0v) is 11.8. The van der Waals surface area contributed by atoms with Crippen LogP contribution < -0.4 is 4.72 Å². The van der Waals surface area contributed by atoms with Gasteiger partial charge in [-0.3, -0.25) is 0 Å². The molecule has 0 saturated carbocycles. The van der Waals surface area contributed by atoms with Crippen molar-refractivity contribution in [1.29, 1.82) is 0 Å². The number of hydrogen-bond donors (Lipinski definition) is 1. The van der Waals surface area contributed by atoms with E-state index in [1.807, 2.05) is 0 Å². The number of halogens is 2. The number of anilines is 1. The van der Waals surface area contributed by atoms with Crippen LogP contribution in [0.15, 0.2) is 65.6 Å². The normalized spacial score (nSPS) is 12.1. The quantitative estimate of drug-likeness (QED) is 0.853. The molecule has 106 valence electrons. The summed E-state index contributed by atoms with van der Waals surface area (Å²) in [6, 6.07) is 14.8. The molecule has 2 aromatic carbocycles. The van der Waals surface area contributed by atoms with E-state index in [1.54, 1.807) is 36.4 Å². The molecule has 0 bridgehead atoms. The van der Waals surface area contributed by atoms with E-state index >= 15 is 0 Å². The minimum atomic E-state index is -4.74.